The summed E-state index contributed by atoms with van der Waals surface area (Å²) in [7, 11) is 0. The monoisotopic (exact) mass is 280 g/mol. The van der Waals surface area contributed by atoms with Gasteiger partial charge in [-0.25, -0.2) is 0 Å². The van der Waals surface area contributed by atoms with Crippen LogP contribution in [0.2, 0.25) is 0 Å². The molecular formula is C20H24O. The molecule has 3 aliphatic rings. The first kappa shape index (κ1) is 13.3. The maximum atomic E-state index is 12.9. The van der Waals surface area contributed by atoms with Crippen LogP contribution in [0.15, 0.2) is 29.8 Å². The summed E-state index contributed by atoms with van der Waals surface area (Å²) in [4.78, 5) is 12.9. The second kappa shape index (κ2) is 4.83. The fraction of sp³-hybridized carbons (Fsp3) is 0.550. The Morgan fingerprint density at radius 3 is 2.90 bits per heavy atom. The molecule has 2 atom stereocenters. The topological polar surface area (TPSA) is 17.1 Å². The van der Waals surface area contributed by atoms with Gasteiger partial charge in [0.15, 0.2) is 0 Å². The number of hydrogen-bond acceptors (Lipinski definition) is 1. The minimum Gasteiger partial charge on any atom is -0.299 e. The van der Waals surface area contributed by atoms with E-state index in [1.807, 2.05) is 0 Å². The summed E-state index contributed by atoms with van der Waals surface area (Å²) < 4.78 is 0. The molecule has 4 rings (SSSR count). The van der Waals surface area contributed by atoms with E-state index >= 15 is 0 Å². The Morgan fingerprint density at radius 1 is 1.29 bits per heavy atom. The van der Waals surface area contributed by atoms with Gasteiger partial charge in [0.2, 0.25) is 0 Å². The van der Waals surface area contributed by atoms with Crippen LogP contribution in [0.3, 0.4) is 0 Å². The standard InChI is InChI=1S/C20H24O/c1-2-3-5-15-6-4-7-18-17(15)10-11-19(21)20(18)13-14-8-9-16(20)12-14/h4,6-8,16H,2-3,5,9-13H2,1H3. The lowest BCUT2D eigenvalue weighted by molar-refractivity contribution is -0.126. The molecule has 0 radical (unpaired) electrons. The number of allylic oxidation sites excluding steroid dienone is 2. The van der Waals surface area contributed by atoms with E-state index in [-0.39, 0.29) is 5.41 Å². The Morgan fingerprint density at radius 2 is 2.19 bits per heavy atom. The van der Waals surface area contributed by atoms with Gasteiger partial charge in [-0.1, -0.05) is 43.2 Å². The summed E-state index contributed by atoms with van der Waals surface area (Å²) in [6.45, 7) is 2.25. The largest absolute Gasteiger partial charge is 0.299 e. The van der Waals surface area contributed by atoms with Crippen LogP contribution >= 0.6 is 0 Å². The average Bonchev–Trinajstić information content (AvgIpc) is 3.11. The van der Waals surface area contributed by atoms with Gasteiger partial charge in [-0.05, 0) is 61.1 Å². The fourth-order valence-electron chi connectivity index (χ4n) is 5.02. The Balaban J connectivity index is 1.82. The van der Waals surface area contributed by atoms with Crippen LogP contribution in [0.4, 0.5) is 0 Å². The molecule has 21 heavy (non-hydrogen) atoms. The number of aryl methyl sites for hydroxylation is 1. The minimum atomic E-state index is -0.139. The zero-order valence-corrected chi connectivity index (χ0v) is 13.0. The van der Waals surface area contributed by atoms with Crippen molar-refractivity contribution in [1.29, 1.82) is 0 Å². The number of ketones is 1. The lowest BCUT2D eigenvalue weighted by Crippen LogP contribution is -2.44. The molecule has 1 aromatic rings. The van der Waals surface area contributed by atoms with E-state index in [4.69, 9.17) is 0 Å². The van der Waals surface area contributed by atoms with Crippen LogP contribution in [0.1, 0.15) is 62.1 Å². The Hall–Kier alpha value is -1.37. The van der Waals surface area contributed by atoms with Crippen LogP contribution in [0.5, 0.6) is 0 Å². The molecule has 0 aromatic heterocycles. The molecule has 0 amide bonds. The van der Waals surface area contributed by atoms with Gasteiger partial charge in [-0.2, -0.15) is 0 Å². The molecule has 0 N–H and O–H groups in total. The van der Waals surface area contributed by atoms with E-state index in [1.54, 1.807) is 5.57 Å². The second-order valence-electron chi connectivity index (χ2n) is 7.12. The maximum absolute atomic E-state index is 12.9. The van der Waals surface area contributed by atoms with Gasteiger partial charge in [0.25, 0.3) is 0 Å². The lowest BCUT2D eigenvalue weighted by atomic mass is 9.61. The molecule has 1 saturated carbocycles. The molecule has 3 aliphatic carbocycles. The summed E-state index contributed by atoms with van der Waals surface area (Å²) in [6.07, 6.45) is 11.1. The number of benzene rings is 1. The van der Waals surface area contributed by atoms with Gasteiger partial charge in [-0.15, -0.1) is 0 Å². The molecule has 110 valence electrons. The van der Waals surface area contributed by atoms with E-state index in [2.05, 4.69) is 31.2 Å². The Labute approximate surface area is 127 Å². The van der Waals surface area contributed by atoms with Gasteiger partial charge in [0.1, 0.15) is 5.78 Å². The van der Waals surface area contributed by atoms with E-state index in [0.717, 1.165) is 25.7 Å². The highest BCUT2D eigenvalue weighted by Crippen LogP contribution is 2.57. The van der Waals surface area contributed by atoms with Crippen molar-refractivity contribution in [1.82, 2.24) is 0 Å². The minimum absolute atomic E-state index is 0.139. The van der Waals surface area contributed by atoms with E-state index in [1.165, 1.54) is 42.4 Å². The van der Waals surface area contributed by atoms with Gasteiger partial charge in [-0.3, -0.25) is 4.79 Å². The van der Waals surface area contributed by atoms with Crippen molar-refractivity contribution < 1.29 is 4.79 Å². The molecular weight excluding hydrogens is 256 g/mol. The highest BCUT2D eigenvalue weighted by atomic mass is 16.1. The van der Waals surface area contributed by atoms with Crippen molar-refractivity contribution >= 4 is 5.78 Å². The number of unbranched alkanes of at least 4 members (excludes halogenated alkanes) is 1. The number of Topliss-reactive ketones (excluding diaryl/α,β-unsaturated/α-hetero) is 1. The normalized spacial score (nSPS) is 29.9. The summed E-state index contributed by atoms with van der Waals surface area (Å²) >= 11 is 0. The first-order chi connectivity index (χ1) is 10.3. The number of rotatable bonds is 3. The zero-order chi connectivity index (χ0) is 14.4. The highest BCUT2D eigenvalue weighted by molar-refractivity contribution is 5.94. The summed E-state index contributed by atoms with van der Waals surface area (Å²) in [5.74, 6) is 1.08. The van der Waals surface area contributed by atoms with Gasteiger partial charge >= 0.3 is 0 Å². The smallest absolute Gasteiger partial charge is 0.144 e. The molecule has 0 heterocycles. The van der Waals surface area contributed by atoms with Crippen molar-refractivity contribution in [3.8, 4) is 0 Å². The van der Waals surface area contributed by atoms with Crippen LogP contribution in [0.25, 0.3) is 0 Å². The molecule has 2 bridgehead atoms. The van der Waals surface area contributed by atoms with Gasteiger partial charge in [0, 0.05) is 6.42 Å². The highest BCUT2D eigenvalue weighted by Gasteiger charge is 2.55. The van der Waals surface area contributed by atoms with E-state index in [9.17, 15) is 4.79 Å². The van der Waals surface area contributed by atoms with Crippen molar-refractivity contribution in [2.45, 2.75) is 63.7 Å². The van der Waals surface area contributed by atoms with Crippen LogP contribution in [0, 0.1) is 5.92 Å². The maximum Gasteiger partial charge on any atom is 0.144 e. The van der Waals surface area contributed by atoms with E-state index < -0.39 is 0 Å². The molecule has 1 fully saturated rings. The predicted molar refractivity (Wildman–Crippen MR) is 85.5 cm³/mol. The first-order valence-corrected chi connectivity index (χ1v) is 8.58. The molecule has 2 unspecified atom stereocenters. The van der Waals surface area contributed by atoms with Gasteiger partial charge in [0.05, 0.1) is 5.41 Å². The molecule has 1 aromatic carbocycles. The summed E-state index contributed by atoms with van der Waals surface area (Å²) in [5.41, 5.74) is 5.84. The third-order valence-corrected chi connectivity index (χ3v) is 6.06. The van der Waals surface area contributed by atoms with Gasteiger partial charge < -0.3 is 0 Å². The predicted octanol–water partition coefficient (Wildman–Crippen LogP) is 4.52. The molecule has 1 nitrogen and oxygen atoms in total. The molecule has 0 saturated heterocycles. The third-order valence-electron chi connectivity index (χ3n) is 6.06. The summed E-state index contributed by atoms with van der Waals surface area (Å²) in [5, 5.41) is 0. The Bertz CT molecular complexity index is 625. The van der Waals surface area contributed by atoms with Crippen molar-refractivity contribution in [2.24, 2.45) is 5.92 Å². The zero-order valence-electron chi connectivity index (χ0n) is 13.0. The Kier molecular flexibility index (Phi) is 3.06. The van der Waals surface area contributed by atoms with Crippen LogP contribution in [-0.2, 0) is 23.1 Å². The van der Waals surface area contributed by atoms with Crippen molar-refractivity contribution in [3.05, 3.63) is 46.5 Å². The quantitative estimate of drug-likeness (QED) is 0.744. The van der Waals surface area contributed by atoms with Crippen molar-refractivity contribution in [2.75, 3.05) is 0 Å². The number of carbonyl (C=O) groups excluding carboxylic acids is 1. The van der Waals surface area contributed by atoms with Crippen LogP contribution < -0.4 is 0 Å². The number of fused-ring (bicyclic) bond motifs is 5. The fourth-order valence-corrected chi connectivity index (χ4v) is 5.02. The summed E-state index contributed by atoms with van der Waals surface area (Å²) in [6, 6.07) is 6.76. The number of hydrogen-bond donors (Lipinski definition) is 0. The third kappa shape index (κ3) is 1.79. The average molecular weight is 280 g/mol. The van der Waals surface area contributed by atoms with Crippen LogP contribution in [-0.4, -0.2) is 5.78 Å². The molecule has 0 aliphatic heterocycles. The van der Waals surface area contributed by atoms with E-state index in [0.29, 0.717) is 11.7 Å². The molecule has 1 spiro atoms. The van der Waals surface area contributed by atoms with Crippen molar-refractivity contribution in [3.63, 3.8) is 0 Å². The first-order valence-electron chi connectivity index (χ1n) is 8.58. The number of carbonyl (C=O) groups is 1. The SMILES string of the molecule is CCCCc1cccc2c1CCC(=O)C21CC2=CCC1C2. The lowest BCUT2D eigenvalue weighted by Gasteiger charge is -2.40. The molecule has 1 heteroatoms. The second-order valence-corrected chi connectivity index (χ2v) is 7.12.